The molecule has 3 aliphatic carbocycles. The first-order valence-corrected chi connectivity index (χ1v) is 19.9. The molecular weight excluding hydrogens is 695 g/mol. The van der Waals surface area contributed by atoms with E-state index in [4.69, 9.17) is 9.47 Å². The van der Waals surface area contributed by atoms with Gasteiger partial charge in [-0.3, -0.25) is 24.1 Å². The van der Waals surface area contributed by atoms with E-state index in [1.165, 1.54) is 29.4 Å². The van der Waals surface area contributed by atoms with Crippen LogP contribution in [0.4, 0.5) is 4.79 Å². The number of hydrogen-bond acceptors (Lipinski definition) is 10. The van der Waals surface area contributed by atoms with Crippen LogP contribution >= 0.6 is 11.3 Å². The summed E-state index contributed by atoms with van der Waals surface area (Å²) in [6.45, 7) is 9.20. The lowest BCUT2D eigenvalue weighted by Gasteiger charge is -2.36. The number of carbonyl (C=O) groups excluding carboxylic acids is 4. The average molecular weight is 742 g/mol. The molecule has 1 aromatic heterocycles. The van der Waals surface area contributed by atoms with Crippen LogP contribution in [0.15, 0.2) is 48.6 Å². The zero-order chi connectivity index (χ0) is 36.8. The lowest BCUT2D eigenvalue weighted by atomic mass is 9.85. The normalized spacial score (nSPS) is 27.0. The summed E-state index contributed by atoms with van der Waals surface area (Å²) in [5, 5.41) is 4.99. The SMILES string of the molecule is C=C[C@@H]1C[C@]1(NC(=O)[C@@H]1C[C@@](OC)(c2ccc(-c3cncs3)cc2)CN1C(=O)[C@@H](NC(=O)OC1CCCC1)C(C)(C)C)C(=O)NS(=O)(=O)C1CC1. The van der Waals surface area contributed by atoms with Crippen LogP contribution in [0, 0.1) is 11.3 Å². The Balaban J connectivity index is 1.31. The molecule has 1 saturated heterocycles. The van der Waals surface area contributed by atoms with Gasteiger partial charge in [-0.05, 0) is 61.5 Å². The second-order valence-electron chi connectivity index (χ2n) is 15.3. The molecule has 0 bridgehead atoms. The van der Waals surface area contributed by atoms with E-state index in [0.29, 0.717) is 12.8 Å². The van der Waals surface area contributed by atoms with Crippen LogP contribution in [-0.4, -0.2) is 84.7 Å². The first-order chi connectivity index (χ1) is 24.1. The quantitative estimate of drug-likeness (QED) is 0.272. The van der Waals surface area contributed by atoms with Gasteiger partial charge in [0.25, 0.3) is 5.91 Å². The van der Waals surface area contributed by atoms with E-state index in [-0.39, 0.29) is 25.5 Å². The molecule has 15 heteroatoms. The van der Waals surface area contributed by atoms with Gasteiger partial charge in [0.15, 0.2) is 0 Å². The van der Waals surface area contributed by atoms with E-state index in [9.17, 15) is 27.6 Å². The Morgan fingerprint density at radius 2 is 1.76 bits per heavy atom. The first-order valence-electron chi connectivity index (χ1n) is 17.5. The number of likely N-dealkylation sites (tertiary alicyclic amines) is 1. The van der Waals surface area contributed by atoms with Gasteiger partial charge in [0.05, 0.1) is 22.2 Å². The highest BCUT2D eigenvalue weighted by Gasteiger charge is 2.62. The fraction of sp³-hybridized carbons (Fsp3) is 0.583. The third-order valence-electron chi connectivity index (χ3n) is 10.6. The molecule has 2 aromatic rings. The highest BCUT2D eigenvalue weighted by Crippen LogP contribution is 2.47. The third-order valence-corrected chi connectivity index (χ3v) is 13.3. The Morgan fingerprint density at radius 3 is 2.31 bits per heavy atom. The summed E-state index contributed by atoms with van der Waals surface area (Å²) in [5.41, 5.74) is -0.0448. The maximum absolute atomic E-state index is 14.7. The number of nitrogens with one attached hydrogen (secondary N) is 3. The lowest BCUT2D eigenvalue weighted by molar-refractivity contribution is -0.143. The van der Waals surface area contributed by atoms with Crippen LogP contribution in [0.25, 0.3) is 10.4 Å². The number of alkyl carbamates (subject to hydrolysis) is 1. The summed E-state index contributed by atoms with van der Waals surface area (Å²) < 4.78 is 39.4. The molecule has 4 amide bonds. The molecule has 3 saturated carbocycles. The van der Waals surface area contributed by atoms with Gasteiger partial charge in [0.2, 0.25) is 21.8 Å². The second-order valence-corrected chi connectivity index (χ2v) is 18.1. The minimum atomic E-state index is -3.89. The van der Waals surface area contributed by atoms with E-state index in [1.807, 2.05) is 45.0 Å². The standard InChI is InChI=1S/C36H47N5O8S2/c1-6-23-17-36(23,32(44)40-51(46,47)26-15-16-26)39-30(42)27-18-35(48-5,24-13-11-22(12-14-24)28-19-37-21-50-28)20-41(27)31(43)29(34(2,3)4)38-33(45)49-25-9-7-8-10-25/h6,11-14,19,21,23,25-27,29H,1,7-10,15-18,20H2,2-5H3,(H,38,45)(H,39,42)(H,40,44)/t23-,27+,29-,35+,36-/m1/s1. The minimum Gasteiger partial charge on any atom is -0.446 e. The number of carbonyl (C=O) groups is 4. The van der Waals surface area contributed by atoms with Crippen molar-refractivity contribution in [3.63, 3.8) is 0 Å². The highest BCUT2D eigenvalue weighted by atomic mass is 32.2. The van der Waals surface area contributed by atoms with Crippen molar-refractivity contribution in [2.24, 2.45) is 11.3 Å². The number of hydrogen-bond donors (Lipinski definition) is 3. The van der Waals surface area contributed by atoms with Gasteiger partial charge in [-0.15, -0.1) is 17.9 Å². The molecule has 0 unspecified atom stereocenters. The van der Waals surface area contributed by atoms with Crippen molar-refractivity contribution < 1.29 is 37.1 Å². The Labute approximate surface area is 303 Å². The number of aromatic nitrogens is 1. The number of rotatable bonds is 12. The van der Waals surface area contributed by atoms with Crippen molar-refractivity contribution in [1.29, 1.82) is 0 Å². The molecule has 5 atom stereocenters. The van der Waals surface area contributed by atoms with Crippen molar-refractivity contribution in [2.75, 3.05) is 13.7 Å². The molecule has 2 heterocycles. The van der Waals surface area contributed by atoms with Gasteiger partial charge in [0.1, 0.15) is 29.3 Å². The topological polar surface area (TPSA) is 173 Å². The van der Waals surface area contributed by atoms with Crippen LogP contribution in [0.1, 0.15) is 77.7 Å². The number of methoxy groups -OCH3 is 1. The van der Waals surface area contributed by atoms with Crippen molar-refractivity contribution in [3.05, 3.63) is 54.2 Å². The van der Waals surface area contributed by atoms with E-state index in [2.05, 4.69) is 26.9 Å². The fourth-order valence-corrected chi connectivity index (χ4v) is 9.25. The third kappa shape index (κ3) is 7.56. The van der Waals surface area contributed by atoms with Gasteiger partial charge in [0, 0.05) is 25.6 Å². The van der Waals surface area contributed by atoms with E-state index in [0.717, 1.165) is 41.7 Å². The molecular formula is C36H47N5O8S2. The maximum atomic E-state index is 14.7. The summed E-state index contributed by atoms with van der Waals surface area (Å²) in [6.07, 6.45) is 6.93. The van der Waals surface area contributed by atoms with Crippen molar-refractivity contribution in [2.45, 2.75) is 107 Å². The monoisotopic (exact) mass is 741 g/mol. The fourth-order valence-electron chi connectivity index (χ4n) is 7.25. The zero-order valence-electron chi connectivity index (χ0n) is 29.5. The van der Waals surface area contributed by atoms with E-state index < -0.39 is 73.6 Å². The van der Waals surface area contributed by atoms with Crippen LogP contribution in [0.2, 0.25) is 0 Å². The smallest absolute Gasteiger partial charge is 0.408 e. The number of nitrogens with zero attached hydrogens (tertiary/aromatic N) is 2. The van der Waals surface area contributed by atoms with Gasteiger partial charge in [-0.1, -0.05) is 51.1 Å². The molecule has 6 rings (SSSR count). The average Bonchev–Trinajstić information content (AvgIpc) is 3.84. The van der Waals surface area contributed by atoms with Gasteiger partial charge < -0.3 is 25.0 Å². The summed E-state index contributed by atoms with van der Waals surface area (Å²) in [5.74, 6) is -2.50. The second kappa shape index (κ2) is 14.0. The predicted molar refractivity (Wildman–Crippen MR) is 191 cm³/mol. The molecule has 276 valence electrons. The molecule has 0 spiro atoms. The van der Waals surface area contributed by atoms with E-state index >= 15 is 0 Å². The Kier molecular flexibility index (Phi) is 10.1. The number of ether oxygens (including phenoxy) is 2. The Morgan fingerprint density at radius 1 is 1.08 bits per heavy atom. The van der Waals surface area contributed by atoms with Gasteiger partial charge >= 0.3 is 6.09 Å². The van der Waals surface area contributed by atoms with Crippen LogP contribution in [0.3, 0.4) is 0 Å². The zero-order valence-corrected chi connectivity index (χ0v) is 31.1. The molecule has 4 aliphatic rings. The number of amides is 4. The summed E-state index contributed by atoms with van der Waals surface area (Å²) >= 11 is 1.50. The van der Waals surface area contributed by atoms with Crippen LogP contribution in [0.5, 0.6) is 0 Å². The van der Waals surface area contributed by atoms with Gasteiger partial charge in [-0.25, -0.2) is 13.2 Å². The van der Waals surface area contributed by atoms with Crippen LogP contribution in [-0.2, 0) is 39.5 Å². The minimum absolute atomic E-state index is 0.0290. The van der Waals surface area contributed by atoms with Crippen molar-refractivity contribution in [3.8, 4) is 10.4 Å². The van der Waals surface area contributed by atoms with E-state index in [1.54, 1.807) is 11.7 Å². The molecule has 3 N–H and O–H groups in total. The molecule has 1 aromatic carbocycles. The predicted octanol–water partition coefficient (Wildman–Crippen LogP) is 4.01. The molecule has 4 fully saturated rings. The number of benzene rings is 1. The lowest BCUT2D eigenvalue weighted by Crippen LogP contribution is -2.60. The highest BCUT2D eigenvalue weighted by molar-refractivity contribution is 7.91. The van der Waals surface area contributed by atoms with Crippen LogP contribution < -0.4 is 15.4 Å². The molecule has 51 heavy (non-hydrogen) atoms. The summed E-state index contributed by atoms with van der Waals surface area (Å²) in [7, 11) is -2.37. The maximum Gasteiger partial charge on any atom is 0.408 e. The number of thiazole rings is 1. The first kappa shape index (κ1) is 37.0. The Bertz CT molecular complexity index is 1770. The Hall–Kier alpha value is -3.82. The molecule has 0 radical (unpaired) electrons. The molecule has 13 nitrogen and oxygen atoms in total. The van der Waals surface area contributed by atoms with Crippen molar-refractivity contribution in [1.82, 2.24) is 25.2 Å². The molecule has 1 aliphatic heterocycles. The largest absolute Gasteiger partial charge is 0.446 e. The van der Waals surface area contributed by atoms with Gasteiger partial charge in [-0.2, -0.15) is 0 Å². The summed E-state index contributed by atoms with van der Waals surface area (Å²) in [6, 6.07) is 5.43. The number of sulfonamides is 1. The van der Waals surface area contributed by atoms with Crippen molar-refractivity contribution >= 4 is 45.2 Å². The summed E-state index contributed by atoms with van der Waals surface area (Å²) in [4.78, 5) is 62.3.